The number of carbonyl (C=O) groups excluding carboxylic acids is 1. The van der Waals surface area contributed by atoms with Crippen LogP contribution in [0.15, 0.2) is 47.5 Å². The third-order valence-corrected chi connectivity index (χ3v) is 8.56. The molecule has 11 heteroatoms. The van der Waals surface area contributed by atoms with Crippen molar-refractivity contribution in [1.29, 1.82) is 0 Å². The lowest BCUT2D eigenvalue weighted by molar-refractivity contribution is -0.119. The van der Waals surface area contributed by atoms with Crippen LogP contribution in [0.3, 0.4) is 0 Å². The van der Waals surface area contributed by atoms with Gasteiger partial charge in [0, 0.05) is 22.0 Å². The zero-order valence-electron chi connectivity index (χ0n) is 16.1. The fourth-order valence-electron chi connectivity index (χ4n) is 3.72. The molecular weight excluding hydrogens is 464 g/mol. The molecule has 3 aliphatic rings. The number of hydrogen-bond acceptors (Lipinski definition) is 7. The molecule has 2 fully saturated rings. The summed E-state index contributed by atoms with van der Waals surface area (Å²) in [6.07, 6.45) is 0. The molecule has 0 aromatic heterocycles. The van der Waals surface area contributed by atoms with E-state index in [1.54, 1.807) is 36.4 Å². The minimum absolute atomic E-state index is 0.00753. The van der Waals surface area contributed by atoms with Gasteiger partial charge in [0.05, 0.1) is 17.5 Å². The monoisotopic (exact) mass is 480 g/mol. The van der Waals surface area contributed by atoms with E-state index in [0.717, 1.165) is 0 Å². The minimum Gasteiger partial charge on any atom is -0.484 e. The summed E-state index contributed by atoms with van der Waals surface area (Å²) in [7, 11) is -3.15. The van der Waals surface area contributed by atoms with Gasteiger partial charge in [-0.05, 0) is 36.4 Å². The fourth-order valence-corrected chi connectivity index (χ4v) is 7.77. The van der Waals surface area contributed by atoms with Crippen molar-refractivity contribution in [3.05, 3.63) is 47.5 Å². The third kappa shape index (κ3) is 4.19. The number of rotatable bonds is 4. The van der Waals surface area contributed by atoms with Gasteiger partial charge in [-0.2, -0.15) is 4.99 Å². The molecule has 0 bridgehead atoms. The second-order valence-electron chi connectivity index (χ2n) is 7.24. The Morgan fingerprint density at radius 2 is 1.94 bits per heavy atom. The van der Waals surface area contributed by atoms with Gasteiger partial charge in [-0.25, -0.2) is 8.42 Å². The number of amidine groups is 1. The predicted molar refractivity (Wildman–Crippen MR) is 118 cm³/mol. The fraction of sp³-hybridized carbons (Fsp3) is 0.300. The maximum Gasteiger partial charge on any atom is 0.285 e. The lowest BCUT2D eigenvalue weighted by Crippen LogP contribution is -2.37. The number of fused-ring (bicyclic) bond motifs is 2. The van der Waals surface area contributed by atoms with E-state index in [-0.39, 0.29) is 36.2 Å². The SMILES string of the molecule is O=C(COc1ccc(Cl)cc1)N=C1S[C@@H]2CS(=O)(=O)C[C@@H]2N1c1ccc2c(c1)OCO2. The molecule has 2 aromatic rings. The number of aliphatic imine (C=N–C) groups is 1. The van der Waals surface area contributed by atoms with Gasteiger partial charge < -0.3 is 19.1 Å². The highest BCUT2D eigenvalue weighted by atomic mass is 35.5. The number of hydrogen-bond donors (Lipinski definition) is 0. The van der Waals surface area contributed by atoms with Gasteiger partial charge in [0.15, 0.2) is 33.1 Å². The Balaban J connectivity index is 1.39. The van der Waals surface area contributed by atoms with E-state index in [0.29, 0.717) is 33.1 Å². The Labute approximate surface area is 188 Å². The second-order valence-corrected chi connectivity index (χ2v) is 11.0. The maximum atomic E-state index is 12.5. The van der Waals surface area contributed by atoms with Crippen LogP contribution >= 0.6 is 23.4 Å². The number of benzene rings is 2. The molecule has 3 heterocycles. The van der Waals surface area contributed by atoms with Gasteiger partial charge in [-0.1, -0.05) is 23.4 Å². The molecule has 0 unspecified atom stereocenters. The maximum absolute atomic E-state index is 12.5. The minimum atomic E-state index is -3.15. The van der Waals surface area contributed by atoms with Crippen LogP contribution in [0, 0.1) is 0 Å². The molecule has 1 amide bonds. The first-order chi connectivity index (χ1) is 14.9. The largest absolute Gasteiger partial charge is 0.484 e. The van der Waals surface area contributed by atoms with E-state index >= 15 is 0 Å². The van der Waals surface area contributed by atoms with E-state index in [1.165, 1.54) is 11.8 Å². The van der Waals surface area contributed by atoms with E-state index in [4.69, 9.17) is 25.8 Å². The van der Waals surface area contributed by atoms with Crippen LogP contribution in [0.25, 0.3) is 0 Å². The van der Waals surface area contributed by atoms with Crippen LogP contribution in [-0.2, 0) is 14.6 Å². The summed E-state index contributed by atoms with van der Waals surface area (Å²) in [6, 6.07) is 11.7. The molecule has 5 rings (SSSR count). The molecule has 0 spiro atoms. The molecule has 2 saturated heterocycles. The average Bonchev–Trinajstić information content (AvgIpc) is 3.38. The number of amides is 1. The van der Waals surface area contributed by atoms with Crippen LogP contribution in [0.2, 0.25) is 5.02 Å². The summed E-state index contributed by atoms with van der Waals surface area (Å²) in [4.78, 5) is 18.6. The highest BCUT2D eigenvalue weighted by molar-refractivity contribution is 8.16. The van der Waals surface area contributed by atoms with Crippen molar-refractivity contribution in [2.45, 2.75) is 11.3 Å². The highest BCUT2D eigenvalue weighted by Crippen LogP contribution is 2.43. The van der Waals surface area contributed by atoms with Crippen molar-refractivity contribution >= 4 is 50.0 Å². The summed E-state index contributed by atoms with van der Waals surface area (Å²) in [5, 5.41) is 0.828. The van der Waals surface area contributed by atoms with Crippen molar-refractivity contribution in [2.24, 2.45) is 4.99 Å². The van der Waals surface area contributed by atoms with Gasteiger partial charge in [-0.3, -0.25) is 4.79 Å². The Hall–Kier alpha value is -2.43. The molecule has 0 saturated carbocycles. The number of thioether (sulfide) groups is 1. The zero-order chi connectivity index (χ0) is 21.6. The van der Waals surface area contributed by atoms with Crippen LogP contribution in [0.4, 0.5) is 5.69 Å². The first-order valence-electron chi connectivity index (χ1n) is 9.44. The second kappa shape index (κ2) is 7.92. The zero-order valence-corrected chi connectivity index (χ0v) is 18.5. The van der Waals surface area contributed by atoms with E-state index in [1.807, 2.05) is 11.0 Å². The summed E-state index contributed by atoms with van der Waals surface area (Å²) in [5.74, 6) is 1.30. The predicted octanol–water partition coefficient (Wildman–Crippen LogP) is 2.75. The molecule has 0 aliphatic carbocycles. The Kier molecular flexibility index (Phi) is 5.23. The standard InChI is InChI=1S/C20H17ClN2O6S2/c21-12-1-4-14(5-2-12)27-8-19(24)22-20-23(15-9-31(25,26)10-18(15)30-20)13-3-6-16-17(7-13)29-11-28-16/h1-7,15,18H,8-11H2/t15-,18+/m0/s1. The summed E-state index contributed by atoms with van der Waals surface area (Å²) < 4.78 is 40.7. The topological polar surface area (TPSA) is 94.5 Å². The van der Waals surface area contributed by atoms with Crippen molar-refractivity contribution in [2.75, 3.05) is 29.8 Å². The van der Waals surface area contributed by atoms with Gasteiger partial charge in [-0.15, -0.1) is 0 Å². The molecule has 3 aliphatic heterocycles. The van der Waals surface area contributed by atoms with E-state index < -0.39 is 15.7 Å². The summed E-state index contributed by atoms with van der Waals surface area (Å²) >= 11 is 7.15. The van der Waals surface area contributed by atoms with E-state index in [9.17, 15) is 13.2 Å². The van der Waals surface area contributed by atoms with Crippen LogP contribution in [-0.4, -0.2) is 55.7 Å². The third-order valence-electron chi connectivity index (χ3n) is 5.10. The lowest BCUT2D eigenvalue weighted by Gasteiger charge is -2.24. The van der Waals surface area contributed by atoms with Crippen LogP contribution < -0.4 is 19.1 Å². The quantitative estimate of drug-likeness (QED) is 0.659. The Morgan fingerprint density at radius 3 is 2.74 bits per heavy atom. The van der Waals surface area contributed by atoms with Crippen molar-refractivity contribution < 1.29 is 27.4 Å². The van der Waals surface area contributed by atoms with Crippen LogP contribution in [0.5, 0.6) is 17.2 Å². The smallest absolute Gasteiger partial charge is 0.285 e. The number of carbonyl (C=O) groups is 1. The molecule has 0 radical (unpaired) electrons. The summed E-state index contributed by atoms with van der Waals surface area (Å²) in [5.41, 5.74) is 0.700. The average molecular weight is 481 g/mol. The first kappa shape index (κ1) is 20.5. The molecule has 2 aromatic carbocycles. The van der Waals surface area contributed by atoms with Crippen molar-refractivity contribution in [3.8, 4) is 17.2 Å². The lowest BCUT2D eigenvalue weighted by atomic mass is 10.2. The molecule has 8 nitrogen and oxygen atoms in total. The highest BCUT2D eigenvalue weighted by Gasteiger charge is 2.49. The number of nitrogens with zero attached hydrogens (tertiary/aromatic N) is 2. The summed E-state index contributed by atoms with van der Waals surface area (Å²) in [6.45, 7) is -0.107. The van der Waals surface area contributed by atoms with E-state index in [2.05, 4.69) is 4.99 Å². The van der Waals surface area contributed by atoms with Gasteiger partial charge in [0.1, 0.15) is 5.75 Å². The van der Waals surface area contributed by atoms with Crippen molar-refractivity contribution in [3.63, 3.8) is 0 Å². The number of halogens is 1. The molecule has 0 N–H and O–H groups in total. The number of anilines is 1. The van der Waals surface area contributed by atoms with Crippen LogP contribution in [0.1, 0.15) is 0 Å². The first-order valence-corrected chi connectivity index (χ1v) is 12.5. The number of ether oxygens (including phenoxy) is 3. The normalized spacial score (nSPS) is 24.4. The van der Waals surface area contributed by atoms with Gasteiger partial charge >= 0.3 is 0 Å². The van der Waals surface area contributed by atoms with Gasteiger partial charge in [0.25, 0.3) is 5.91 Å². The number of sulfone groups is 1. The van der Waals surface area contributed by atoms with Gasteiger partial charge in [0.2, 0.25) is 6.79 Å². The molecule has 162 valence electrons. The molecule has 31 heavy (non-hydrogen) atoms. The Morgan fingerprint density at radius 1 is 1.16 bits per heavy atom. The Bertz CT molecular complexity index is 1170. The molecular formula is C20H17ClN2O6S2. The van der Waals surface area contributed by atoms with Crippen molar-refractivity contribution in [1.82, 2.24) is 0 Å². The molecule has 2 atom stereocenters.